The van der Waals surface area contributed by atoms with Gasteiger partial charge in [0.05, 0.1) is 19.3 Å². The molecule has 0 aromatic carbocycles. The normalized spacial score (nSPS) is 29.2. The van der Waals surface area contributed by atoms with Crippen molar-refractivity contribution in [3.8, 4) is 6.07 Å². The number of rotatable bonds is 2. The highest BCUT2D eigenvalue weighted by atomic mass is 16.5. The van der Waals surface area contributed by atoms with Crippen LogP contribution in [-0.2, 0) is 4.74 Å². The van der Waals surface area contributed by atoms with Gasteiger partial charge in [-0.2, -0.15) is 5.26 Å². The third-order valence-corrected chi connectivity index (χ3v) is 2.29. The van der Waals surface area contributed by atoms with E-state index in [0.29, 0.717) is 12.6 Å². The first-order valence-corrected chi connectivity index (χ1v) is 4.57. The molecule has 0 saturated carbocycles. The fraction of sp³-hybridized carbons (Fsp3) is 0.889. The van der Waals surface area contributed by atoms with E-state index in [-0.39, 0.29) is 0 Å². The monoisotopic (exact) mass is 183 g/mol. The summed E-state index contributed by atoms with van der Waals surface area (Å²) in [4.78, 5) is 2.20. The number of ether oxygens (including phenoxy) is 1. The first-order chi connectivity index (χ1) is 6.05. The Morgan fingerprint density at radius 1 is 1.77 bits per heavy atom. The molecule has 1 aliphatic heterocycles. The van der Waals surface area contributed by atoms with Crippen LogP contribution in [0, 0.1) is 11.3 Å². The van der Waals surface area contributed by atoms with Gasteiger partial charge >= 0.3 is 0 Å². The van der Waals surface area contributed by atoms with Crippen molar-refractivity contribution in [1.82, 2.24) is 4.90 Å². The fourth-order valence-electron chi connectivity index (χ4n) is 1.45. The first kappa shape index (κ1) is 10.5. The second-order valence-electron chi connectivity index (χ2n) is 3.92. The molecule has 0 bridgehead atoms. The molecule has 0 amide bonds. The van der Waals surface area contributed by atoms with E-state index < -0.39 is 5.54 Å². The summed E-state index contributed by atoms with van der Waals surface area (Å²) in [7, 11) is 0. The fourth-order valence-corrected chi connectivity index (χ4v) is 1.45. The maximum Gasteiger partial charge on any atom is 0.114 e. The molecule has 1 rings (SSSR count). The van der Waals surface area contributed by atoms with Crippen LogP contribution in [0.5, 0.6) is 0 Å². The average Bonchev–Trinajstić information content (AvgIpc) is 2.09. The van der Waals surface area contributed by atoms with E-state index in [1.807, 2.05) is 0 Å². The quantitative estimate of drug-likeness (QED) is 0.652. The molecular formula is C9H17N3O. The smallest absolute Gasteiger partial charge is 0.114 e. The molecule has 2 unspecified atom stereocenters. The summed E-state index contributed by atoms with van der Waals surface area (Å²) in [5.74, 6) is 0. The Hall–Kier alpha value is -0.630. The highest BCUT2D eigenvalue weighted by Gasteiger charge is 2.26. The Bertz CT molecular complexity index is 209. The Balaban J connectivity index is 2.48. The number of nitriles is 1. The molecule has 0 aromatic rings. The molecule has 74 valence electrons. The highest BCUT2D eigenvalue weighted by Crippen LogP contribution is 2.10. The van der Waals surface area contributed by atoms with Gasteiger partial charge in [0.2, 0.25) is 0 Å². The third kappa shape index (κ3) is 2.96. The minimum Gasteiger partial charge on any atom is -0.379 e. The molecule has 1 heterocycles. The molecule has 0 aliphatic carbocycles. The predicted molar refractivity (Wildman–Crippen MR) is 50.1 cm³/mol. The van der Waals surface area contributed by atoms with Gasteiger partial charge in [-0.05, 0) is 13.8 Å². The Kier molecular flexibility index (Phi) is 3.26. The number of hydrogen-bond donors (Lipinski definition) is 1. The van der Waals surface area contributed by atoms with Gasteiger partial charge in [0, 0.05) is 19.1 Å². The van der Waals surface area contributed by atoms with Crippen LogP contribution in [0.4, 0.5) is 0 Å². The van der Waals surface area contributed by atoms with Gasteiger partial charge in [0.25, 0.3) is 0 Å². The summed E-state index contributed by atoms with van der Waals surface area (Å²) in [6, 6.07) is 2.47. The van der Waals surface area contributed by atoms with Crippen LogP contribution >= 0.6 is 0 Å². The Morgan fingerprint density at radius 2 is 2.46 bits per heavy atom. The zero-order valence-corrected chi connectivity index (χ0v) is 8.29. The molecule has 2 N–H and O–H groups in total. The van der Waals surface area contributed by atoms with Crippen LogP contribution < -0.4 is 5.73 Å². The van der Waals surface area contributed by atoms with Crippen LogP contribution in [0.1, 0.15) is 13.8 Å². The van der Waals surface area contributed by atoms with Crippen LogP contribution in [0.3, 0.4) is 0 Å². The summed E-state index contributed by atoms with van der Waals surface area (Å²) in [6.07, 6.45) is 0. The predicted octanol–water partition coefficient (Wildman–Crippen LogP) is -0.0519. The standard InChI is InChI=1S/C9H17N3O/c1-8-5-13-4-3-12(8)7-9(2,11)6-10/h8H,3-5,7,11H2,1-2H3. The van der Waals surface area contributed by atoms with Gasteiger partial charge in [0.1, 0.15) is 5.54 Å². The topological polar surface area (TPSA) is 62.3 Å². The lowest BCUT2D eigenvalue weighted by Crippen LogP contribution is -2.53. The summed E-state index contributed by atoms with van der Waals surface area (Å²) in [6.45, 7) is 6.82. The number of hydrogen-bond acceptors (Lipinski definition) is 4. The van der Waals surface area contributed by atoms with E-state index in [1.54, 1.807) is 6.92 Å². The zero-order valence-electron chi connectivity index (χ0n) is 8.29. The SMILES string of the molecule is CC1COCCN1CC(C)(N)C#N. The molecule has 1 fully saturated rings. The van der Waals surface area contributed by atoms with Crippen molar-refractivity contribution in [1.29, 1.82) is 5.26 Å². The van der Waals surface area contributed by atoms with Gasteiger partial charge in [-0.1, -0.05) is 0 Å². The van der Waals surface area contributed by atoms with Crippen LogP contribution in [0.15, 0.2) is 0 Å². The van der Waals surface area contributed by atoms with Crippen LogP contribution in [0.25, 0.3) is 0 Å². The molecule has 2 atom stereocenters. The molecule has 4 nitrogen and oxygen atoms in total. The number of morpholine rings is 1. The maximum absolute atomic E-state index is 8.78. The van der Waals surface area contributed by atoms with Crippen molar-refractivity contribution in [3.05, 3.63) is 0 Å². The lowest BCUT2D eigenvalue weighted by molar-refractivity contribution is -0.00537. The van der Waals surface area contributed by atoms with E-state index in [2.05, 4.69) is 17.9 Å². The van der Waals surface area contributed by atoms with Crippen molar-refractivity contribution < 1.29 is 4.74 Å². The van der Waals surface area contributed by atoms with Gasteiger partial charge in [-0.25, -0.2) is 0 Å². The van der Waals surface area contributed by atoms with E-state index in [1.165, 1.54) is 0 Å². The molecule has 0 spiro atoms. The molecule has 4 heteroatoms. The Morgan fingerprint density at radius 3 is 3.00 bits per heavy atom. The van der Waals surface area contributed by atoms with Crippen LogP contribution in [-0.4, -0.2) is 42.8 Å². The lowest BCUT2D eigenvalue weighted by atomic mass is 10.0. The van der Waals surface area contributed by atoms with Crippen molar-refractivity contribution in [2.75, 3.05) is 26.3 Å². The summed E-state index contributed by atoms with van der Waals surface area (Å²) in [5, 5.41) is 8.78. The summed E-state index contributed by atoms with van der Waals surface area (Å²) in [5.41, 5.74) is 5.02. The van der Waals surface area contributed by atoms with Crippen molar-refractivity contribution in [3.63, 3.8) is 0 Å². The zero-order chi connectivity index (χ0) is 9.90. The van der Waals surface area contributed by atoms with Gasteiger partial charge in [-0.15, -0.1) is 0 Å². The maximum atomic E-state index is 8.78. The minimum atomic E-state index is -0.744. The molecule has 13 heavy (non-hydrogen) atoms. The number of nitrogens with two attached hydrogens (primary N) is 1. The van der Waals surface area contributed by atoms with E-state index in [4.69, 9.17) is 15.7 Å². The van der Waals surface area contributed by atoms with E-state index in [9.17, 15) is 0 Å². The largest absolute Gasteiger partial charge is 0.379 e. The van der Waals surface area contributed by atoms with E-state index >= 15 is 0 Å². The lowest BCUT2D eigenvalue weighted by Gasteiger charge is -2.36. The Labute approximate surface area is 79.3 Å². The van der Waals surface area contributed by atoms with Gasteiger partial charge < -0.3 is 10.5 Å². The minimum absolute atomic E-state index is 0.366. The first-order valence-electron chi connectivity index (χ1n) is 4.57. The van der Waals surface area contributed by atoms with E-state index in [0.717, 1.165) is 19.8 Å². The van der Waals surface area contributed by atoms with Crippen LogP contribution in [0.2, 0.25) is 0 Å². The molecular weight excluding hydrogens is 166 g/mol. The van der Waals surface area contributed by atoms with Gasteiger partial charge in [0.15, 0.2) is 0 Å². The number of nitrogens with zero attached hydrogens (tertiary/aromatic N) is 2. The van der Waals surface area contributed by atoms with Crippen molar-refractivity contribution in [2.45, 2.75) is 25.4 Å². The summed E-state index contributed by atoms with van der Waals surface area (Å²) < 4.78 is 5.29. The molecule has 0 radical (unpaired) electrons. The van der Waals surface area contributed by atoms with Crippen molar-refractivity contribution >= 4 is 0 Å². The second kappa shape index (κ2) is 4.05. The van der Waals surface area contributed by atoms with Crippen molar-refractivity contribution in [2.24, 2.45) is 5.73 Å². The molecule has 1 saturated heterocycles. The van der Waals surface area contributed by atoms with Gasteiger partial charge in [-0.3, -0.25) is 4.90 Å². The summed E-state index contributed by atoms with van der Waals surface area (Å²) >= 11 is 0. The second-order valence-corrected chi connectivity index (χ2v) is 3.92. The molecule has 1 aliphatic rings. The third-order valence-electron chi connectivity index (χ3n) is 2.29. The highest BCUT2D eigenvalue weighted by molar-refractivity contribution is 5.03. The average molecular weight is 183 g/mol. The molecule has 0 aromatic heterocycles.